The first-order valence-corrected chi connectivity index (χ1v) is 18.8. The van der Waals surface area contributed by atoms with E-state index in [1.807, 2.05) is 72.2 Å². The Morgan fingerprint density at radius 2 is 1.59 bits per heavy atom. The van der Waals surface area contributed by atoms with Gasteiger partial charge >= 0.3 is 6.09 Å². The highest BCUT2D eigenvalue weighted by atomic mass is 16.5. The minimum atomic E-state index is -1.11. The quantitative estimate of drug-likeness (QED) is 0.0962. The van der Waals surface area contributed by atoms with Crippen molar-refractivity contribution in [1.82, 2.24) is 49.9 Å². The fraction of sp³-hybridized carbons (Fsp3) is 0.262. The van der Waals surface area contributed by atoms with Crippen molar-refractivity contribution in [3.63, 3.8) is 0 Å². The average Bonchev–Trinajstić information content (AvgIpc) is 3.94. The molecule has 0 aliphatic heterocycles. The van der Waals surface area contributed by atoms with Gasteiger partial charge in [-0.2, -0.15) is 10.2 Å². The number of amides is 2. The summed E-state index contributed by atoms with van der Waals surface area (Å²) in [6, 6.07) is 24.5. The number of hydrogen-bond acceptors (Lipinski definition) is 11. The van der Waals surface area contributed by atoms with Crippen LogP contribution < -0.4 is 29.6 Å². The van der Waals surface area contributed by atoms with E-state index in [-0.39, 0.29) is 31.9 Å². The first-order valence-electron chi connectivity index (χ1n) is 18.8. The van der Waals surface area contributed by atoms with Crippen molar-refractivity contribution in [1.29, 1.82) is 0 Å². The van der Waals surface area contributed by atoms with Crippen LogP contribution in [0.4, 0.5) is 4.79 Å². The number of pyridine rings is 1. The Kier molecular flexibility index (Phi) is 12.0. The number of hydrogen-bond donors (Lipinski definition) is 3. The van der Waals surface area contributed by atoms with Gasteiger partial charge in [0.15, 0.2) is 17.4 Å². The van der Waals surface area contributed by atoms with Crippen molar-refractivity contribution < 1.29 is 33.6 Å². The Morgan fingerprint density at radius 3 is 2.32 bits per heavy atom. The lowest BCUT2D eigenvalue weighted by atomic mass is 10.1. The lowest BCUT2D eigenvalue weighted by molar-refractivity contribution is 0.0946. The number of carboxylic acid groups (broad SMARTS) is 1. The van der Waals surface area contributed by atoms with Gasteiger partial charge in [-0.3, -0.25) is 18.7 Å². The minimum absolute atomic E-state index is 0.142. The zero-order valence-corrected chi connectivity index (χ0v) is 33.3. The molecule has 0 atom stereocenters. The zero-order chi connectivity index (χ0) is 41.5. The Morgan fingerprint density at radius 1 is 0.847 bits per heavy atom. The molecule has 0 radical (unpaired) electrons. The summed E-state index contributed by atoms with van der Waals surface area (Å²) in [5.74, 6) is 2.76. The molecule has 4 heterocycles. The fourth-order valence-electron chi connectivity index (χ4n) is 6.68. The van der Waals surface area contributed by atoms with E-state index in [0.717, 1.165) is 16.7 Å². The summed E-state index contributed by atoms with van der Waals surface area (Å²) in [6.45, 7) is 3.11. The Labute approximate surface area is 339 Å². The molecule has 7 aromatic rings. The first-order chi connectivity index (χ1) is 28.7. The molecule has 304 valence electrons. The predicted octanol–water partition coefficient (Wildman–Crippen LogP) is 5.64. The molecular weight excluding hydrogens is 757 g/mol. The lowest BCUT2D eigenvalue weighted by Crippen LogP contribution is -2.24. The van der Waals surface area contributed by atoms with Crippen LogP contribution in [0.15, 0.2) is 85.1 Å². The molecule has 0 aliphatic carbocycles. The molecule has 3 aromatic carbocycles. The van der Waals surface area contributed by atoms with Crippen LogP contribution in [0.1, 0.15) is 39.3 Å². The number of benzene rings is 3. The molecule has 2 amide bonds. The number of nitrogens with zero attached hydrogens (tertiary/aromatic N) is 8. The zero-order valence-electron chi connectivity index (χ0n) is 33.3. The van der Waals surface area contributed by atoms with Crippen LogP contribution in [0.25, 0.3) is 33.9 Å². The number of aromatic nitrogens is 8. The van der Waals surface area contributed by atoms with Gasteiger partial charge in [-0.1, -0.05) is 42.5 Å². The number of rotatable bonds is 17. The summed E-state index contributed by atoms with van der Waals surface area (Å²) in [5.41, 5.74) is 4.95. The monoisotopic (exact) mass is 800 g/mol. The van der Waals surface area contributed by atoms with Crippen molar-refractivity contribution in [2.45, 2.75) is 39.6 Å². The van der Waals surface area contributed by atoms with Crippen LogP contribution in [0, 0.1) is 6.92 Å². The van der Waals surface area contributed by atoms with E-state index in [0.29, 0.717) is 75.6 Å². The third kappa shape index (κ3) is 8.78. The highest BCUT2D eigenvalue weighted by Crippen LogP contribution is 2.37. The first kappa shape index (κ1) is 39.8. The second-order valence-corrected chi connectivity index (χ2v) is 13.5. The van der Waals surface area contributed by atoms with Gasteiger partial charge in [0.1, 0.15) is 46.6 Å². The predicted molar refractivity (Wildman–Crippen MR) is 218 cm³/mol. The summed E-state index contributed by atoms with van der Waals surface area (Å²) >= 11 is 0. The second kappa shape index (κ2) is 17.8. The third-order valence-electron chi connectivity index (χ3n) is 9.71. The number of carbonyl (C=O) groups is 2. The topological polar surface area (TPSA) is 195 Å². The molecule has 0 spiro atoms. The van der Waals surface area contributed by atoms with Crippen molar-refractivity contribution in [3.05, 3.63) is 113 Å². The van der Waals surface area contributed by atoms with E-state index >= 15 is 0 Å². The molecule has 3 N–H and O–H groups in total. The number of carbonyl (C=O) groups excluding carboxylic acids is 1. The number of fused-ring (bicyclic) bond motifs is 1. The van der Waals surface area contributed by atoms with Gasteiger partial charge in [-0.25, -0.2) is 9.78 Å². The molecule has 59 heavy (non-hydrogen) atoms. The van der Waals surface area contributed by atoms with E-state index in [2.05, 4.69) is 15.7 Å². The molecular formula is C42H44N10O7. The second-order valence-electron chi connectivity index (χ2n) is 13.5. The van der Waals surface area contributed by atoms with Crippen LogP contribution in [0.5, 0.6) is 23.0 Å². The van der Waals surface area contributed by atoms with E-state index < -0.39 is 12.0 Å². The molecule has 0 aliphatic rings. The number of ether oxygens (including phenoxy) is 4. The standard InChI is InChI=1S/C42H44N10O7/c1-26-38(59-25-28-10-7-6-8-11-28)37(52(49-26)19-9-18-43-42(54)55)40-48-47-39(51(40)24-27-12-15-30(56-3)16-13-27)36-32-23-45-50(2)34(32)21-33(46-36)41(53)44-22-29-14-17-31(57-4)20-35(29)58-5/h6-8,10-17,20-21,23,43H,9,18-19,22,24-25H2,1-5H3,(H,44,53)(H,54,55). The van der Waals surface area contributed by atoms with Gasteiger partial charge in [-0.15, -0.1) is 10.2 Å². The average molecular weight is 801 g/mol. The molecule has 0 unspecified atom stereocenters. The summed E-state index contributed by atoms with van der Waals surface area (Å²) in [6.07, 6.45) is 1.02. The Hall–Kier alpha value is -7.43. The van der Waals surface area contributed by atoms with E-state index in [1.165, 1.54) is 0 Å². The summed E-state index contributed by atoms with van der Waals surface area (Å²) in [7, 11) is 6.54. The van der Waals surface area contributed by atoms with Crippen molar-refractivity contribution in [2.24, 2.45) is 7.05 Å². The van der Waals surface area contributed by atoms with E-state index in [4.69, 9.17) is 39.2 Å². The van der Waals surface area contributed by atoms with Crippen LogP contribution >= 0.6 is 0 Å². The van der Waals surface area contributed by atoms with Crippen LogP contribution in [-0.4, -0.2) is 84.3 Å². The number of nitrogens with one attached hydrogen (secondary N) is 2. The molecule has 0 fully saturated rings. The van der Waals surface area contributed by atoms with Crippen molar-refractivity contribution in [3.8, 4) is 46.0 Å². The molecule has 0 saturated carbocycles. The summed E-state index contributed by atoms with van der Waals surface area (Å²) < 4.78 is 28.2. The molecule has 17 heteroatoms. The molecule has 0 bridgehead atoms. The fourth-order valence-corrected chi connectivity index (χ4v) is 6.68. The molecule has 4 aromatic heterocycles. The molecule has 7 rings (SSSR count). The van der Waals surface area contributed by atoms with Gasteiger partial charge in [0.2, 0.25) is 0 Å². The third-order valence-corrected chi connectivity index (χ3v) is 9.71. The smallest absolute Gasteiger partial charge is 0.404 e. The maximum atomic E-state index is 13.9. The maximum absolute atomic E-state index is 13.9. The van der Waals surface area contributed by atoms with Crippen LogP contribution in [-0.2, 0) is 33.3 Å². The van der Waals surface area contributed by atoms with Crippen molar-refractivity contribution in [2.75, 3.05) is 27.9 Å². The van der Waals surface area contributed by atoms with Gasteiger partial charge in [0.25, 0.3) is 5.91 Å². The van der Waals surface area contributed by atoms with E-state index in [1.54, 1.807) is 62.1 Å². The van der Waals surface area contributed by atoms with Gasteiger partial charge in [-0.05, 0) is 54.8 Å². The highest BCUT2D eigenvalue weighted by molar-refractivity contribution is 5.99. The molecule has 0 saturated heterocycles. The maximum Gasteiger partial charge on any atom is 0.404 e. The van der Waals surface area contributed by atoms with Gasteiger partial charge < -0.3 is 34.7 Å². The van der Waals surface area contributed by atoms with Crippen LogP contribution in [0.2, 0.25) is 0 Å². The van der Waals surface area contributed by atoms with Gasteiger partial charge in [0.05, 0.1) is 39.6 Å². The van der Waals surface area contributed by atoms with Crippen LogP contribution in [0.3, 0.4) is 0 Å². The normalized spacial score (nSPS) is 11.1. The largest absolute Gasteiger partial charge is 0.497 e. The summed E-state index contributed by atoms with van der Waals surface area (Å²) in [5, 5.41) is 34.2. The number of aryl methyl sites for hydroxylation is 3. The van der Waals surface area contributed by atoms with E-state index in [9.17, 15) is 14.7 Å². The lowest BCUT2D eigenvalue weighted by Gasteiger charge is -2.15. The minimum Gasteiger partial charge on any atom is -0.497 e. The van der Waals surface area contributed by atoms with Gasteiger partial charge in [0, 0.05) is 43.7 Å². The Balaban J connectivity index is 1.34. The SMILES string of the molecule is COc1ccc(Cn2c(-c3nc(C(=O)NCc4ccc(OC)cc4OC)cc4c3cnn4C)nnc2-c2c(OCc3ccccc3)c(C)nn2CCCNC(=O)O)cc1. The highest BCUT2D eigenvalue weighted by Gasteiger charge is 2.28. The number of methoxy groups -OCH3 is 3. The molecule has 17 nitrogen and oxygen atoms in total. The van der Waals surface area contributed by atoms with Crippen molar-refractivity contribution >= 4 is 22.9 Å². The Bertz CT molecular complexity index is 2580. The summed E-state index contributed by atoms with van der Waals surface area (Å²) in [4.78, 5) is 30.1.